The van der Waals surface area contributed by atoms with Gasteiger partial charge in [-0.3, -0.25) is 0 Å². The Morgan fingerprint density at radius 2 is 0.900 bits per heavy atom. The van der Waals surface area contributed by atoms with Crippen LogP contribution in [0.2, 0.25) is 0 Å². The quantitative estimate of drug-likeness (QED) is 0.0206. The van der Waals surface area contributed by atoms with E-state index in [4.69, 9.17) is 37.9 Å². The summed E-state index contributed by atoms with van der Waals surface area (Å²) in [6.45, 7) is 14.0. The van der Waals surface area contributed by atoms with E-state index in [1.807, 2.05) is 72.8 Å². The van der Waals surface area contributed by atoms with Crippen molar-refractivity contribution in [3.63, 3.8) is 0 Å². The molecule has 2 unspecified atom stereocenters. The average Bonchev–Trinajstić information content (AvgIpc) is 3.22. The first-order valence-corrected chi connectivity index (χ1v) is 21.9. The molecule has 0 amide bonds. The minimum atomic E-state index is -1.18. The predicted octanol–water partition coefficient (Wildman–Crippen LogP) is 8.36. The van der Waals surface area contributed by atoms with Crippen LogP contribution in [0.1, 0.15) is 52.7 Å². The summed E-state index contributed by atoms with van der Waals surface area (Å²) in [6.07, 6.45) is 1.57. The predicted molar refractivity (Wildman–Crippen MR) is 237 cm³/mol. The molecule has 0 radical (unpaired) electrons. The maximum absolute atomic E-state index is 12.5. The molecular weight excluding hydrogens is 805 g/mol. The van der Waals surface area contributed by atoms with Crippen molar-refractivity contribution in [1.29, 1.82) is 0 Å². The second-order valence-corrected chi connectivity index (χ2v) is 17.6. The highest BCUT2D eigenvalue weighted by molar-refractivity contribution is 8.00. The maximum Gasteiger partial charge on any atom is 0.420 e. The zero-order valence-electron chi connectivity index (χ0n) is 35.9. The Hall–Kier alpha value is -4.76. The number of esters is 2. The third-order valence-corrected chi connectivity index (χ3v) is 10.7. The number of methoxy groups -OCH3 is 2. The Morgan fingerprint density at radius 3 is 1.27 bits per heavy atom. The number of thioether (sulfide) groups is 2. The van der Waals surface area contributed by atoms with Gasteiger partial charge in [0.1, 0.15) is 24.7 Å². The van der Waals surface area contributed by atoms with Crippen LogP contribution in [0.15, 0.2) is 94.7 Å². The molecule has 0 aliphatic carbocycles. The van der Waals surface area contributed by atoms with Crippen LogP contribution >= 0.6 is 23.5 Å². The van der Waals surface area contributed by atoms with Gasteiger partial charge in [-0.25, -0.2) is 9.59 Å². The van der Waals surface area contributed by atoms with Crippen LogP contribution in [0, 0.1) is 0 Å². The van der Waals surface area contributed by atoms with Gasteiger partial charge in [-0.2, -0.15) is 0 Å². The van der Waals surface area contributed by atoms with Gasteiger partial charge in [0.25, 0.3) is 0 Å². The van der Waals surface area contributed by atoms with E-state index < -0.39 is 25.5 Å². The minimum Gasteiger partial charge on any atom is -0.493 e. The largest absolute Gasteiger partial charge is 0.493 e. The number of carbonyl (C=O) groups excluding carboxylic acids is 2. The molecule has 12 nitrogen and oxygen atoms in total. The van der Waals surface area contributed by atoms with Crippen molar-refractivity contribution < 1.29 is 47.5 Å². The fourth-order valence-corrected chi connectivity index (χ4v) is 7.90. The Labute approximate surface area is 363 Å². The Balaban J connectivity index is 1.19. The van der Waals surface area contributed by atoms with Gasteiger partial charge in [-0.05, 0) is 86.3 Å². The molecule has 0 spiro atoms. The number of carbonyl (C=O) groups is 2. The first-order valence-electron chi connectivity index (χ1n) is 20.1. The first kappa shape index (κ1) is 47.9. The third-order valence-electron chi connectivity index (χ3n) is 8.64. The summed E-state index contributed by atoms with van der Waals surface area (Å²) in [7, 11) is 3.25. The molecule has 0 bridgehead atoms. The lowest BCUT2D eigenvalue weighted by Crippen LogP contribution is -2.31. The second kappa shape index (κ2) is 25.8. The molecule has 326 valence electrons. The maximum atomic E-state index is 12.5. The molecule has 0 aliphatic rings. The molecule has 4 rings (SSSR count). The normalized spacial score (nSPS) is 12.1. The van der Waals surface area contributed by atoms with Crippen LogP contribution in [-0.4, -0.2) is 88.6 Å². The van der Waals surface area contributed by atoms with E-state index in [0.29, 0.717) is 60.8 Å². The fourth-order valence-electron chi connectivity index (χ4n) is 5.96. The Kier molecular flexibility index (Phi) is 20.6. The van der Waals surface area contributed by atoms with E-state index in [0.717, 1.165) is 33.8 Å². The number of ether oxygens (including phenoxy) is 8. The van der Waals surface area contributed by atoms with Crippen molar-refractivity contribution in [2.45, 2.75) is 86.8 Å². The van der Waals surface area contributed by atoms with Crippen molar-refractivity contribution >= 4 is 35.5 Å². The fraction of sp³-hybridized carbons (Fsp3) is 0.435. The van der Waals surface area contributed by atoms with Crippen molar-refractivity contribution in [2.24, 2.45) is 0 Å². The molecule has 0 aliphatic heterocycles. The molecule has 4 aromatic carbocycles. The number of rotatable bonds is 26. The van der Waals surface area contributed by atoms with E-state index >= 15 is 0 Å². The number of para-hydroxylation sites is 4. The zero-order chi connectivity index (χ0) is 43.3. The van der Waals surface area contributed by atoms with Crippen LogP contribution in [0.25, 0.3) is 0 Å². The van der Waals surface area contributed by atoms with Gasteiger partial charge >= 0.3 is 11.9 Å². The summed E-state index contributed by atoms with van der Waals surface area (Å²) >= 11 is 3.27. The van der Waals surface area contributed by atoms with Gasteiger partial charge in [0.15, 0.2) is 23.0 Å². The molecule has 0 fully saturated rings. The van der Waals surface area contributed by atoms with Crippen molar-refractivity contribution in [2.75, 3.05) is 54.1 Å². The first-order chi connectivity index (χ1) is 28.9. The Morgan fingerprint density at radius 1 is 0.517 bits per heavy atom. The van der Waals surface area contributed by atoms with Crippen LogP contribution in [0.4, 0.5) is 0 Å². The van der Waals surface area contributed by atoms with Gasteiger partial charge in [0.2, 0.25) is 13.6 Å². The third kappa shape index (κ3) is 16.7. The molecular formula is C46H60N2O10S2. The summed E-state index contributed by atoms with van der Waals surface area (Å²) in [6, 6.07) is 27.4. The summed E-state index contributed by atoms with van der Waals surface area (Å²) < 4.78 is 44.3. The monoisotopic (exact) mass is 864 g/mol. The summed E-state index contributed by atoms with van der Waals surface area (Å²) in [5, 5.41) is 7.56. The minimum absolute atomic E-state index is 0.186. The van der Waals surface area contributed by atoms with Crippen LogP contribution in [0.3, 0.4) is 0 Å². The van der Waals surface area contributed by atoms with E-state index in [-0.39, 0.29) is 22.6 Å². The SMILES string of the molecule is COc1ccccc1OCCNC(C)Cc1ccc(OCOC(=O)C(=O)OCOc2ccc(CC(C)NCCOc3ccccc3OC)cc2SC(C)C)c(SC(C)C)c1. The molecule has 14 heteroatoms. The highest BCUT2D eigenvalue weighted by atomic mass is 32.2. The van der Waals surface area contributed by atoms with Gasteiger partial charge in [0, 0.05) is 35.7 Å². The molecule has 0 saturated heterocycles. The van der Waals surface area contributed by atoms with Crippen molar-refractivity contribution in [1.82, 2.24) is 10.6 Å². The topological polar surface area (TPSA) is 132 Å². The van der Waals surface area contributed by atoms with Gasteiger partial charge in [-0.15, -0.1) is 23.5 Å². The summed E-state index contributed by atoms with van der Waals surface area (Å²) in [5.41, 5.74) is 2.24. The van der Waals surface area contributed by atoms with Crippen molar-refractivity contribution in [3.8, 4) is 34.5 Å². The summed E-state index contributed by atoms with van der Waals surface area (Å²) in [4.78, 5) is 26.8. The van der Waals surface area contributed by atoms with E-state index in [2.05, 4.69) is 64.3 Å². The molecule has 60 heavy (non-hydrogen) atoms. The smallest absolute Gasteiger partial charge is 0.420 e. The van der Waals surface area contributed by atoms with Crippen LogP contribution in [-0.2, 0) is 31.9 Å². The highest BCUT2D eigenvalue weighted by Gasteiger charge is 2.20. The number of hydrogen-bond donors (Lipinski definition) is 2. The number of benzene rings is 4. The summed E-state index contributed by atoms with van der Waals surface area (Å²) in [5.74, 6) is 1.58. The van der Waals surface area contributed by atoms with Gasteiger partial charge < -0.3 is 48.5 Å². The van der Waals surface area contributed by atoms with E-state index in [9.17, 15) is 9.59 Å². The molecule has 2 atom stereocenters. The van der Waals surface area contributed by atoms with Crippen LogP contribution in [0.5, 0.6) is 34.5 Å². The van der Waals surface area contributed by atoms with Crippen LogP contribution < -0.4 is 39.1 Å². The lowest BCUT2D eigenvalue weighted by molar-refractivity contribution is -0.175. The van der Waals surface area contributed by atoms with Gasteiger partial charge in [-0.1, -0.05) is 64.1 Å². The lowest BCUT2D eigenvalue weighted by Gasteiger charge is -2.18. The molecule has 0 heterocycles. The molecule has 0 aromatic heterocycles. The van der Waals surface area contributed by atoms with E-state index in [1.54, 1.807) is 37.7 Å². The van der Waals surface area contributed by atoms with Crippen molar-refractivity contribution in [3.05, 3.63) is 96.1 Å². The van der Waals surface area contributed by atoms with Gasteiger partial charge in [0.05, 0.1) is 24.0 Å². The molecule has 2 N–H and O–H groups in total. The molecule has 4 aromatic rings. The lowest BCUT2D eigenvalue weighted by atomic mass is 10.1. The standard InChI is InChI=1S/C46H60N2O10S2/c1-31(2)59-43-27-35(25-33(5)47-21-23-53-39-15-11-9-13-37(39)51-7)17-19-41(43)55-29-57-45(49)46(50)58-30-56-42-20-18-36(28-44(42)60-32(3)4)26-34(6)48-22-24-54-40-16-12-10-14-38(40)52-8/h9-20,27-28,31-34,47-48H,21-26,29-30H2,1-8H3. The zero-order valence-corrected chi connectivity index (χ0v) is 37.6. The van der Waals surface area contributed by atoms with E-state index in [1.165, 1.54) is 0 Å². The number of hydrogen-bond acceptors (Lipinski definition) is 14. The second-order valence-electron chi connectivity index (χ2n) is 14.4. The average molecular weight is 865 g/mol. The number of nitrogens with one attached hydrogen (secondary N) is 2. The highest BCUT2D eigenvalue weighted by Crippen LogP contribution is 2.35. The molecule has 0 saturated carbocycles. The Bertz CT molecular complexity index is 1790.